The third kappa shape index (κ3) is 3.30. The predicted molar refractivity (Wildman–Crippen MR) is 82.8 cm³/mol. The fraction of sp³-hybridized carbons (Fsp3) is 0.438. The number of nitrogens with one attached hydrogen (secondary N) is 1. The topological polar surface area (TPSA) is 24.9 Å². The van der Waals surface area contributed by atoms with E-state index in [9.17, 15) is 8.78 Å². The molecule has 0 spiro atoms. The summed E-state index contributed by atoms with van der Waals surface area (Å²) in [5.74, 6) is -1.54. The van der Waals surface area contributed by atoms with E-state index in [0.29, 0.717) is 11.1 Å². The van der Waals surface area contributed by atoms with Crippen LogP contribution < -0.4 is 5.32 Å². The lowest BCUT2D eigenvalue weighted by molar-refractivity contribution is 0.477. The summed E-state index contributed by atoms with van der Waals surface area (Å²) in [5, 5.41) is 4.24. The van der Waals surface area contributed by atoms with Crippen LogP contribution in [0.4, 0.5) is 8.78 Å². The number of thiazole rings is 1. The first kappa shape index (κ1) is 16.0. The van der Waals surface area contributed by atoms with Gasteiger partial charge in [-0.15, -0.1) is 11.3 Å². The van der Waals surface area contributed by atoms with E-state index in [1.807, 2.05) is 20.8 Å². The molecule has 1 heterocycles. The molecule has 0 aliphatic carbocycles. The second-order valence-electron chi connectivity index (χ2n) is 5.17. The van der Waals surface area contributed by atoms with Gasteiger partial charge in [-0.25, -0.2) is 13.8 Å². The van der Waals surface area contributed by atoms with E-state index in [0.717, 1.165) is 28.5 Å². The van der Waals surface area contributed by atoms with Crippen LogP contribution in [0.15, 0.2) is 12.1 Å². The van der Waals surface area contributed by atoms with Gasteiger partial charge in [0, 0.05) is 10.4 Å². The standard InChI is InChI=1S/C16H20F2N2S/c1-5-8-19-15(16-10(3)20-11(4)21-16)12-7-6-9(2)13(17)14(12)18/h6-7,15,19H,5,8H2,1-4H3. The SMILES string of the molecule is CCCNC(c1ccc(C)c(F)c1F)c1sc(C)nc1C. The van der Waals surface area contributed by atoms with Gasteiger partial charge < -0.3 is 5.32 Å². The molecule has 0 saturated carbocycles. The second-order valence-corrected chi connectivity index (χ2v) is 6.40. The number of hydrogen-bond acceptors (Lipinski definition) is 3. The summed E-state index contributed by atoms with van der Waals surface area (Å²) < 4.78 is 28.2. The molecule has 1 atom stereocenters. The first-order valence-electron chi connectivity index (χ1n) is 7.07. The van der Waals surface area contributed by atoms with Gasteiger partial charge in [0.2, 0.25) is 0 Å². The van der Waals surface area contributed by atoms with E-state index in [1.165, 1.54) is 11.3 Å². The third-order valence-electron chi connectivity index (χ3n) is 3.42. The van der Waals surface area contributed by atoms with Gasteiger partial charge in [-0.2, -0.15) is 0 Å². The van der Waals surface area contributed by atoms with Crippen molar-refractivity contribution in [2.45, 2.75) is 40.2 Å². The highest BCUT2D eigenvalue weighted by Gasteiger charge is 2.24. The maximum Gasteiger partial charge on any atom is 0.164 e. The van der Waals surface area contributed by atoms with Crippen LogP contribution in [0.5, 0.6) is 0 Å². The molecule has 0 amide bonds. The molecule has 0 aliphatic rings. The Morgan fingerprint density at radius 2 is 1.90 bits per heavy atom. The maximum atomic E-state index is 14.3. The van der Waals surface area contributed by atoms with Crippen molar-refractivity contribution in [2.24, 2.45) is 0 Å². The fourth-order valence-corrected chi connectivity index (χ4v) is 3.35. The Hall–Kier alpha value is -1.33. The molecule has 1 N–H and O–H groups in total. The smallest absolute Gasteiger partial charge is 0.164 e. The zero-order valence-corrected chi connectivity index (χ0v) is 13.6. The Morgan fingerprint density at radius 3 is 2.48 bits per heavy atom. The summed E-state index contributed by atoms with van der Waals surface area (Å²) in [7, 11) is 0. The average molecular weight is 310 g/mol. The molecule has 1 aromatic heterocycles. The van der Waals surface area contributed by atoms with Crippen molar-refractivity contribution in [1.82, 2.24) is 10.3 Å². The van der Waals surface area contributed by atoms with E-state index < -0.39 is 11.6 Å². The predicted octanol–water partition coefficient (Wildman–Crippen LogP) is 4.44. The Bertz CT molecular complexity index is 637. The molecule has 0 fully saturated rings. The van der Waals surface area contributed by atoms with Crippen molar-refractivity contribution < 1.29 is 8.78 Å². The normalized spacial score (nSPS) is 12.7. The maximum absolute atomic E-state index is 14.3. The lowest BCUT2D eigenvalue weighted by Gasteiger charge is -2.19. The molecular weight excluding hydrogens is 290 g/mol. The van der Waals surface area contributed by atoms with E-state index >= 15 is 0 Å². The van der Waals surface area contributed by atoms with Gasteiger partial charge in [-0.05, 0) is 39.3 Å². The summed E-state index contributed by atoms with van der Waals surface area (Å²) in [6.45, 7) is 8.17. The average Bonchev–Trinajstić information content (AvgIpc) is 2.77. The number of halogens is 2. The molecule has 5 heteroatoms. The van der Waals surface area contributed by atoms with Crippen LogP contribution in [0.25, 0.3) is 0 Å². The molecular formula is C16H20F2N2S. The Labute approximate surface area is 128 Å². The molecule has 1 unspecified atom stereocenters. The quantitative estimate of drug-likeness (QED) is 0.883. The van der Waals surface area contributed by atoms with Gasteiger partial charge in [-0.1, -0.05) is 19.1 Å². The highest BCUT2D eigenvalue weighted by atomic mass is 32.1. The molecule has 0 saturated heterocycles. The molecule has 0 radical (unpaired) electrons. The Morgan fingerprint density at radius 1 is 1.19 bits per heavy atom. The van der Waals surface area contributed by atoms with E-state index in [1.54, 1.807) is 19.1 Å². The summed E-state index contributed by atoms with van der Waals surface area (Å²) in [5.41, 5.74) is 1.53. The van der Waals surface area contributed by atoms with Crippen LogP contribution >= 0.6 is 11.3 Å². The van der Waals surface area contributed by atoms with Crippen LogP contribution in [-0.2, 0) is 0 Å². The van der Waals surface area contributed by atoms with Gasteiger partial charge in [-0.3, -0.25) is 0 Å². The minimum Gasteiger partial charge on any atom is -0.305 e. The van der Waals surface area contributed by atoms with Crippen LogP contribution in [0.3, 0.4) is 0 Å². The lowest BCUT2D eigenvalue weighted by Crippen LogP contribution is -2.24. The number of hydrogen-bond donors (Lipinski definition) is 1. The van der Waals surface area contributed by atoms with Gasteiger partial charge in [0.1, 0.15) is 0 Å². The number of rotatable bonds is 5. The Balaban J connectivity index is 2.50. The van der Waals surface area contributed by atoms with Crippen molar-refractivity contribution in [3.63, 3.8) is 0 Å². The number of aromatic nitrogens is 1. The highest BCUT2D eigenvalue weighted by molar-refractivity contribution is 7.11. The minimum atomic E-state index is -0.769. The zero-order valence-electron chi connectivity index (χ0n) is 12.8. The highest BCUT2D eigenvalue weighted by Crippen LogP contribution is 2.32. The molecule has 2 rings (SSSR count). The number of nitrogens with zero attached hydrogens (tertiary/aromatic N) is 1. The summed E-state index contributed by atoms with van der Waals surface area (Å²) in [6, 6.07) is 2.93. The number of benzene rings is 1. The monoisotopic (exact) mass is 310 g/mol. The summed E-state index contributed by atoms with van der Waals surface area (Å²) in [6.07, 6.45) is 0.920. The fourth-order valence-electron chi connectivity index (χ4n) is 2.33. The van der Waals surface area contributed by atoms with Crippen LogP contribution in [0, 0.1) is 32.4 Å². The van der Waals surface area contributed by atoms with Crippen molar-refractivity contribution >= 4 is 11.3 Å². The molecule has 0 bridgehead atoms. The summed E-state index contributed by atoms with van der Waals surface area (Å²) >= 11 is 1.52. The lowest BCUT2D eigenvalue weighted by atomic mass is 10.0. The van der Waals surface area contributed by atoms with Crippen molar-refractivity contribution in [3.05, 3.63) is 50.5 Å². The van der Waals surface area contributed by atoms with Crippen molar-refractivity contribution in [2.75, 3.05) is 6.54 Å². The molecule has 0 aliphatic heterocycles. The van der Waals surface area contributed by atoms with Gasteiger partial charge in [0.05, 0.1) is 16.7 Å². The molecule has 114 valence electrons. The largest absolute Gasteiger partial charge is 0.305 e. The van der Waals surface area contributed by atoms with Crippen molar-refractivity contribution in [1.29, 1.82) is 0 Å². The van der Waals surface area contributed by atoms with Crippen LogP contribution in [-0.4, -0.2) is 11.5 Å². The Kier molecular flexibility index (Phi) is 5.06. The zero-order chi connectivity index (χ0) is 15.6. The van der Waals surface area contributed by atoms with Gasteiger partial charge >= 0.3 is 0 Å². The van der Waals surface area contributed by atoms with Crippen LogP contribution in [0.2, 0.25) is 0 Å². The minimum absolute atomic E-state index is 0.322. The first-order chi connectivity index (χ1) is 9.95. The van der Waals surface area contributed by atoms with E-state index in [2.05, 4.69) is 10.3 Å². The van der Waals surface area contributed by atoms with E-state index in [-0.39, 0.29) is 6.04 Å². The number of aryl methyl sites for hydroxylation is 3. The van der Waals surface area contributed by atoms with Gasteiger partial charge in [0.25, 0.3) is 0 Å². The molecule has 21 heavy (non-hydrogen) atoms. The van der Waals surface area contributed by atoms with Gasteiger partial charge in [0.15, 0.2) is 11.6 Å². The first-order valence-corrected chi connectivity index (χ1v) is 7.89. The molecule has 1 aromatic carbocycles. The van der Waals surface area contributed by atoms with E-state index in [4.69, 9.17) is 0 Å². The summed E-state index contributed by atoms with van der Waals surface area (Å²) in [4.78, 5) is 5.34. The molecule has 2 aromatic rings. The van der Waals surface area contributed by atoms with Crippen molar-refractivity contribution in [3.8, 4) is 0 Å². The van der Waals surface area contributed by atoms with Crippen LogP contribution in [0.1, 0.15) is 46.1 Å². The third-order valence-corrected chi connectivity index (χ3v) is 4.55. The molecule has 2 nitrogen and oxygen atoms in total. The second kappa shape index (κ2) is 6.62.